The molecule has 0 saturated heterocycles. The molecule has 4 heteroatoms. The Labute approximate surface area is 205 Å². The molecule has 0 amide bonds. The molecule has 4 aromatic rings. The lowest BCUT2D eigenvalue weighted by atomic mass is 10.0. The summed E-state index contributed by atoms with van der Waals surface area (Å²) in [5, 5.41) is 10.1. The van der Waals surface area contributed by atoms with E-state index in [0.717, 1.165) is 8.95 Å². The van der Waals surface area contributed by atoms with Crippen LogP contribution in [0.1, 0.15) is 0 Å². The third-order valence-electron chi connectivity index (χ3n) is 5.13. The number of halogens is 4. The Morgan fingerprint density at radius 1 is 0.429 bits per heavy atom. The van der Waals surface area contributed by atoms with Crippen molar-refractivity contribution in [2.45, 2.75) is 0 Å². The van der Waals surface area contributed by atoms with Crippen LogP contribution in [0.25, 0.3) is 0 Å². The zero-order valence-corrected chi connectivity index (χ0v) is 21.9. The van der Waals surface area contributed by atoms with Gasteiger partial charge in [-0.15, -0.1) is 0 Å². The Kier molecular flexibility index (Phi) is 5.18. The van der Waals surface area contributed by atoms with Gasteiger partial charge in [0.25, 0.3) is 0 Å². The van der Waals surface area contributed by atoms with Crippen LogP contribution in [-0.2, 0) is 0 Å². The smallest absolute Gasteiger partial charge is 0.0260 e. The molecule has 0 nitrogen and oxygen atoms in total. The SMILES string of the molecule is Brc1cccc2/c1=c1/c(I)ccc/c1=c1\cccc(I)\c1=c1/c(Br)ccc/c1=2. The van der Waals surface area contributed by atoms with Crippen LogP contribution in [0.15, 0.2) is 81.7 Å². The predicted molar refractivity (Wildman–Crippen MR) is 137 cm³/mol. The maximum atomic E-state index is 3.85. The van der Waals surface area contributed by atoms with E-state index in [1.807, 2.05) is 0 Å². The third kappa shape index (κ3) is 2.94. The van der Waals surface area contributed by atoms with Crippen molar-refractivity contribution >= 4 is 77.0 Å². The van der Waals surface area contributed by atoms with E-state index in [-0.39, 0.29) is 0 Å². The van der Waals surface area contributed by atoms with Crippen LogP contribution < -0.4 is 0 Å². The molecule has 0 unspecified atom stereocenters. The van der Waals surface area contributed by atoms with Gasteiger partial charge in [-0.1, -0.05) is 80.4 Å². The van der Waals surface area contributed by atoms with E-state index in [2.05, 4.69) is 150 Å². The van der Waals surface area contributed by atoms with Crippen LogP contribution in [-0.4, -0.2) is 0 Å². The standard InChI is InChI=1S/C24H12Br2I2/c25-17-9-1-5-13-14-6-2-10-18(26)22(14)24-16(8-4-12-20(24)28)15-7-3-11-19(27)23(15)21(13)17/h1-12H/b14-13-,16-15-,23-21-,24-22-. The molecule has 0 heterocycles. The van der Waals surface area contributed by atoms with Crippen LogP contribution in [0.2, 0.25) is 0 Å². The molecule has 0 N–H and O–H groups in total. The zero-order chi connectivity index (χ0) is 19.4. The van der Waals surface area contributed by atoms with E-state index in [0.29, 0.717) is 0 Å². The van der Waals surface area contributed by atoms with Crippen molar-refractivity contribution in [1.29, 1.82) is 0 Å². The van der Waals surface area contributed by atoms with Gasteiger partial charge >= 0.3 is 0 Å². The van der Waals surface area contributed by atoms with Crippen molar-refractivity contribution < 1.29 is 0 Å². The van der Waals surface area contributed by atoms with E-state index >= 15 is 0 Å². The Hall–Kier alpha value is -0.700. The number of hydrogen-bond acceptors (Lipinski definition) is 0. The van der Waals surface area contributed by atoms with Gasteiger partial charge in [0, 0.05) is 37.0 Å². The fourth-order valence-electron chi connectivity index (χ4n) is 4.01. The number of fused-ring (bicyclic) bond motifs is 4. The van der Waals surface area contributed by atoms with E-state index in [4.69, 9.17) is 0 Å². The highest BCUT2D eigenvalue weighted by atomic mass is 127. The van der Waals surface area contributed by atoms with Crippen molar-refractivity contribution in [1.82, 2.24) is 0 Å². The van der Waals surface area contributed by atoms with Gasteiger partial charge in [-0.2, -0.15) is 0 Å². The summed E-state index contributed by atoms with van der Waals surface area (Å²) in [6.45, 7) is 0. The van der Waals surface area contributed by atoms with Crippen LogP contribution in [0.3, 0.4) is 0 Å². The molecule has 0 fully saturated rings. The molecular formula is C24H12Br2I2. The molecule has 0 aliphatic heterocycles. The minimum absolute atomic E-state index is 1.12. The summed E-state index contributed by atoms with van der Waals surface area (Å²) in [6.07, 6.45) is 0. The fourth-order valence-corrected chi connectivity index (χ4v) is 6.68. The normalized spacial score (nSPS) is 16.7. The Morgan fingerprint density at radius 2 is 0.750 bits per heavy atom. The molecule has 0 spiro atoms. The van der Waals surface area contributed by atoms with Crippen LogP contribution in [0, 0.1) is 48.9 Å². The first-order chi connectivity index (χ1) is 13.6. The van der Waals surface area contributed by atoms with Crippen molar-refractivity contribution in [3.8, 4) is 0 Å². The lowest BCUT2D eigenvalue weighted by molar-refractivity contribution is 1.25. The molecule has 136 valence electrons. The van der Waals surface area contributed by atoms with Gasteiger partial charge in [0.1, 0.15) is 0 Å². The van der Waals surface area contributed by atoms with Crippen molar-refractivity contribution in [3.63, 3.8) is 0 Å². The summed E-state index contributed by atoms with van der Waals surface area (Å²) in [5.74, 6) is 0. The summed E-state index contributed by atoms with van der Waals surface area (Å²) in [6, 6.07) is 26.2. The van der Waals surface area contributed by atoms with Gasteiger partial charge in [-0.05, 0) is 90.3 Å². The van der Waals surface area contributed by atoms with Crippen LogP contribution >= 0.6 is 77.0 Å². The summed E-state index contributed by atoms with van der Waals surface area (Å²) in [5.41, 5.74) is 0. The average Bonchev–Trinajstić information content (AvgIpc) is 2.67. The first-order valence-electron chi connectivity index (χ1n) is 8.73. The predicted octanol–water partition coefficient (Wildman–Crippen LogP) is 7.88. The highest BCUT2D eigenvalue weighted by Crippen LogP contribution is 2.24. The lowest BCUT2D eigenvalue weighted by Gasteiger charge is -2.07. The molecule has 0 atom stereocenters. The number of rotatable bonds is 0. The van der Waals surface area contributed by atoms with Gasteiger partial charge in [-0.3, -0.25) is 0 Å². The number of benzene rings is 4. The zero-order valence-electron chi connectivity index (χ0n) is 14.4. The topological polar surface area (TPSA) is 0 Å². The molecule has 1 aliphatic rings. The number of hydrogen-bond donors (Lipinski definition) is 0. The van der Waals surface area contributed by atoms with Crippen LogP contribution in [0.4, 0.5) is 0 Å². The second kappa shape index (κ2) is 7.52. The Balaban J connectivity index is 2.54. The molecule has 28 heavy (non-hydrogen) atoms. The van der Waals surface area contributed by atoms with E-state index < -0.39 is 0 Å². The maximum Gasteiger partial charge on any atom is 0.0260 e. The maximum absolute atomic E-state index is 3.85. The first kappa shape index (κ1) is 19.3. The van der Waals surface area contributed by atoms with Crippen LogP contribution in [0.5, 0.6) is 0 Å². The second-order valence-electron chi connectivity index (χ2n) is 6.65. The fraction of sp³-hybridized carbons (Fsp3) is 0. The largest absolute Gasteiger partial charge is 0.0606 e. The Morgan fingerprint density at radius 3 is 1.14 bits per heavy atom. The van der Waals surface area contributed by atoms with Gasteiger partial charge in [0.2, 0.25) is 0 Å². The molecule has 0 bridgehead atoms. The molecule has 1 aliphatic carbocycles. The van der Waals surface area contributed by atoms with Gasteiger partial charge < -0.3 is 0 Å². The van der Waals surface area contributed by atoms with Crippen molar-refractivity contribution in [2.24, 2.45) is 0 Å². The minimum atomic E-state index is 1.12. The highest BCUT2D eigenvalue weighted by molar-refractivity contribution is 14.1. The molecule has 0 aromatic heterocycles. The highest BCUT2D eigenvalue weighted by Gasteiger charge is 2.07. The third-order valence-corrected chi connectivity index (χ3v) is 8.25. The minimum Gasteiger partial charge on any atom is -0.0606 e. The van der Waals surface area contributed by atoms with E-state index in [9.17, 15) is 0 Å². The second-order valence-corrected chi connectivity index (χ2v) is 10.7. The molecule has 5 rings (SSSR count). The van der Waals surface area contributed by atoms with Crippen molar-refractivity contribution in [3.05, 3.63) is 131 Å². The van der Waals surface area contributed by atoms with Crippen molar-refractivity contribution in [2.75, 3.05) is 0 Å². The monoisotopic (exact) mass is 712 g/mol. The molecule has 4 aromatic carbocycles. The molecule has 0 radical (unpaired) electrons. The Bertz CT molecular complexity index is 1410. The summed E-state index contributed by atoms with van der Waals surface area (Å²) >= 11 is 12.6. The van der Waals surface area contributed by atoms with E-state index in [1.54, 1.807) is 0 Å². The van der Waals surface area contributed by atoms with Gasteiger partial charge in [0.15, 0.2) is 0 Å². The first-order valence-corrected chi connectivity index (χ1v) is 12.5. The summed E-state index contributed by atoms with van der Waals surface area (Å²) in [7, 11) is 0. The van der Waals surface area contributed by atoms with Gasteiger partial charge in [-0.25, -0.2) is 0 Å². The quantitative estimate of drug-likeness (QED) is 0.143. The summed E-state index contributed by atoms with van der Waals surface area (Å²) < 4.78 is 4.75. The van der Waals surface area contributed by atoms with Gasteiger partial charge in [0.05, 0.1) is 0 Å². The van der Waals surface area contributed by atoms with E-state index in [1.165, 1.54) is 48.9 Å². The summed E-state index contributed by atoms with van der Waals surface area (Å²) in [4.78, 5) is 0. The average molecular weight is 714 g/mol. The lowest BCUT2D eigenvalue weighted by Crippen LogP contribution is -1.94. The molecule has 0 saturated carbocycles. The molecular weight excluding hydrogens is 702 g/mol.